The van der Waals surface area contributed by atoms with E-state index in [4.69, 9.17) is 5.73 Å². The Morgan fingerprint density at radius 3 is 2.56 bits per heavy atom. The normalized spacial score (nSPS) is 11.5. The molecule has 0 aromatic carbocycles. The van der Waals surface area contributed by atoms with Crippen LogP contribution in [-0.2, 0) is 6.18 Å². The van der Waals surface area contributed by atoms with Crippen molar-refractivity contribution in [3.8, 4) is 0 Å². The number of anilines is 1. The van der Waals surface area contributed by atoms with E-state index in [0.717, 1.165) is 18.0 Å². The van der Waals surface area contributed by atoms with Crippen LogP contribution in [-0.4, -0.2) is 9.97 Å². The summed E-state index contributed by atoms with van der Waals surface area (Å²) in [6.07, 6.45) is -1.93. The van der Waals surface area contributed by atoms with Crippen LogP contribution in [0.4, 0.5) is 18.9 Å². The van der Waals surface area contributed by atoms with Gasteiger partial charge in [0.05, 0.1) is 0 Å². The smallest absolute Gasteiger partial charge is 0.399 e. The Hall–Kier alpha value is -1.76. The summed E-state index contributed by atoms with van der Waals surface area (Å²) in [7, 11) is 0. The van der Waals surface area contributed by atoms with Crippen molar-refractivity contribution >= 4 is 17.4 Å². The monoisotopic (exact) mass is 271 g/mol. The third-order valence-corrected chi connectivity index (χ3v) is 2.99. The lowest BCUT2D eigenvalue weighted by Gasteiger charge is -2.10. The number of hydrogen-bond donors (Lipinski definition) is 1. The highest BCUT2D eigenvalue weighted by atomic mass is 32.2. The second kappa shape index (κ2) is 4.85. The zero-order valence-corrected chi connectivity index (χ0v) is 9.79. The summed E-state index contributed by atoms with van der Waals surface area (Å²) in [5.41, 5.74) is 5.08. The molecule has 0 saturated carbocycles. The largest absolute Gasteiger partial charge is 0.434 e. The molecule has 0 unspecified atom stereocenters. The molecular weight excluding hydrogens is 263 g/mol. The molecule has 2 heterocycles. The number of alkyl halides is 3. The van der Waals surface area contributed by atoms with Crippen LogP contribution in [0, 0.1) is 0 Å². The molecule has 18 heavy (non-hydrogen) atoms. The number of nitrogens with two attached hydrogens (primary N) is 1. The fourth-order valence-corrected chi connectivity index (χ4v) is 2.22. The van der Waals surface area contributed by atoms with Crippen molar-refractivity contribution in [3.05, 3.63) is 42.4 Å². The Morgan fingerprint density at radius 2 is 1.89 bits per heavy atom. The first-order valence-electron chi connectivity index (χ1n) is 4.88. The summed E-state index contributed by atoms with van der Waals surface area (Å²) >= 11 is 0.882. The van der Waals surface area contributed by atoms with E-state index < -0.39 is 11.9 Å². The Morgan fingerprint density at radius 1 is 1.11 bits per heavy atom. The second-order valence-electron chi connectivity index (χ2n) is 3.38. The molecule has 0 aliphatic rings. The average Bonchev–Trinajstić information content (AvgIpc) is 2.28. The SMILES string of the molecule is Nc1ccnc(Sc2cccnc2C(F)(F)F)c1. The maximum Gasteiger partial charge on any atom is 0.434 e. The molecule has 0 atom stereocenters. The minimum atomic E-state index is -4.48. The Balaban J connectivity index is 2.35. The number of nitrogens with zero attached hydrogens (tertiary/aromatic N) is 2. The van der Waals surface area contributed by atoms with Crippen LogP contribution in [0.2, 0.25) is 0 Å². The van der Waals surface area contributed by atoms with Crippen molar-refractivity contribution in [1.82, 2.24) is 9.97 Å². The standard InChI is InChI=1S/C11H8F3N3S/c12-11(13,14)10-8(2-1-4-17-10)18-9-6-7(15)3-5-16-9/h1-6H,(H2,15,16). The Bertz CT molecular complexity index is 557. The van der Waals surface area contributed by atoms with Crippen molar-refractivity contribution in [1.29, 1.82) is 0 Å². The highest BCUT2D eigenvalue weighted by Gasteiger charge is 2.35. The summed E-state index contributed by atoms with van der Waals surface area (Å²) in [6, 6.07) is 5.88. The highest BCUT2D eigenvalue weighted by Crippen LogP contribution is 2.37. The maximum atomic E-state index is 12.7. The molecule has 0 amide bonds. The van der Waals surface area contributed by atoms with Crippen LogP contribution in [0.25, 0.3) is 0 Å². The van der Waals surface area contributed by atoms with Gasteiger partial charge in [-0.05, 0) is 24.3 Å². The average molecular weight is 271 g/mol. The van der Waals surface area contributed by atoms with Gasteiger partial charge < -0.3 is 5.73 Å². The predicted molar refractivity (Wildman–Crippen MR) is 62.0 cm³/mol. The molecule has 0 saturated heterocycles. The molecule has 0 radical (unpaired) electrons. The minimum absolute atomic E-state index is 0.00287. The van der Waals surface area contributed by atoms with E-state index in [0.29, 0.717) is 10.7 Å². The quantitative estimate of drug-likeness (QED) is 0.911. The van der Waals surface area contributed by atoms with Crippen molar-refractivity contribution in [2.75, 3.05) is 5.73 Å². The Kier molecular flexibility index (Phi) is 3.42. The number of hydrogen-bond acceptors (Lipinski definition) is 4. The summed E-state index contributed by atoms with van der Waals surface area (Å²) in [5.74, 6) is 0. The first-order valence-corrected chi connectivity index (χ1v) is 5.70. The summed E-state index contributed by atoms with van der Waals surface area (Å²) in [5, 5.41) is 0.397. The van der Waals surface area contributed by atoms with E-state index in [1.54, 1.807) is 6.07 Å². The van der Waals surface area contributed by atoms with E-state index in [1.165, 1.54) is 24.4 Å². The van der Waals surface area contributed by atoms with Crippen molar-refractivity contribution in [2.45, 2.75) is 16.1 Å². The van der Waals surface area contributed by atoms with Gasteiger partial charge >= 0.3 is 6.18 Å². The molecule has 3 nitrogen and oxygen atoms in total. The summed E-state index contributed by atoms with van der Waals surface area (Å²) in [6.45, 7) is 0. The van der Waals surface area contributed by atoms with Crippen LogP contribution in [0.1, 0.15) is 5.69 Å². The lowest BCUT2D eigenvalue weighted by atomic mass is 10.3. The molecule has 0 fully saturated rings. The lowest BCUT2D eigenvalue weighted by molar-refractivity contribution is -0.143. The van der Waals surface area contributed by atoms with E-state index in [9.17, 15) is 13.2 Å². The van der Waals surface area contributed by atoms with Gasteiger partial charge in [-0.15, -0.1) is 0 Å². The second-order valence-corrected chi connectivity index (χ2v) is 4.44. The lowest BCUT2D eigenvalue weighted by Crippen LogP contribution is -2.09. The van der Waals surface area contributed by atoms with E-state index in [1.807, 2.05) is 0 Å². The molecule has 2 rings (SSSR count). The fraction of sp³-hybridized carbons (Fsp3) is 0.0909. The molecule has 7 heteroatoms. The van der Waals surface area contributed by atoms with Crippen LogP contribution < -0.4 is 5.73 Å². The predicted octanol–water partition coefficient (Wildman–Crippen LogP) is 3.23. The molecule has 0 aliphatic heterocycles. The molecule has 2 aromatic rings. The van der Waals surface area contributed by atoms with Gasteiger partial charge in [0.25, 0.3) is 0 Å². The summed E-state index contributed by atoms with van der Waals surface area (Å²) in [4.78, 5) is 7.31. The highest BCUT2D eigenvalue weighted by molar-refractivity contribution is 7.99. The molecule has 94 valence electrons. The number of pyridine rings is 2. The number of nitrogen functional groups attached to an aromatic ring is 1. The zero-order valence-electron chi connectivity index (χ0n) is 8.98. The molecule has 0 aliphatic carbocycles. The van der Waals surface area contributed by atoms with Gasteiger partial charge in [-0.2, -0.15) is 13.2 Å². The van der Waals surface area contributed by atoms with Crippen LogP contribution >= 0.6 is 11.8 Å². The Labute approximate surface area is 105 Å². The first kappa shape index (κ1) is 12.7. The van der Waals surface area contributed by atoms with E-state index >= 15 is 0 Å². The van der Waals surface area contributed by atoms with Crippen LogP contribution in [0.5, 0.6) is 0 Å². The fourth-order valence-electron chi connectivity index (χ4n) is 1.28. The molecule has 0 spiro atoms. The molecule has 2 aromatic heterocycles. The number of aromatic nitrogens is 2. The maximum absolute atomic E-state index is 12.7. The number of halogens is 3. The third kappa shape index (κ3) is 2.92. The molecular formula is C11H8F3N3S. The zero-order chi connectivity index (χ0) is 13.2. The molecule has 2 N–H and O–H groups in total. The number of rotatable bonds is 2. The van der Waals surface area contributed by atoms with E-state index in [-0.39, 0.29) is 4.90 Å². The topological polar surface area (TPSA) is 51.8 Å². The third-order valence-electron chi connectivity index (χ3n) is 2.01. The van der Waals surface area contributed by atoms with Crippen LogP contribution in [0.3, 0.4) is 0 Å². The van der Waals surface area contributed by atoms with Crippen molar-refractivity contribution < 1.29 is 13.2 Å². The van der Waals surface area contributed by atoms with E-state index in [2.05, 4.69) is 9.97 Å². The first-order chi connectivity index (χ1) is 8.47. The van der Waals surface area contributed by atoms with Gasteiger partial charge in [-0.25, -0.2) is 4.98 Å². The van der Waals surface area contributed by atoms with Gasteiger partial charge in [-0.1, -0.05) is 11.8 Å². The van der Waals surface area contributed by atoms with Crippen LogP contribution in [0.15, 0.2) is 46.6 Å². The van der Waals surface area contributed by atoms with Gasteiger partial charge in [0.2, 0.25) is 0 Å². The van der Waals surface area contributed by atoms with Crippen molar-refractivity contribution in [3.63, 3.8) is 0 Å². The minimum Gasteiger partial charge on any atom is -0.399 e. The molecule has 0 bridgehead atoms. The van der Waals surface area contributed by atoms with Gasteiger partial charge in [0, 0.05) is 23.0 Å². The van der Waals surface area contributed by atoms with Gasteiger partial charge in [-0.3, -0.25) is 4.98 Å². The van der Waals surface area contributed by atoms with Crippen molar-refractivity contribution in [2.24, 2.45) is 0 Å². The van der Waals surface area contributed by atoms with Gasteiger partial charge in [0.15, 0.2) is 5.69 Å². The summed E-state index contributed by atoms with van der Waals surface area (Å²) < 4.78 is 38.1. The van der Waals surface area contributed by atoms with Gasteiger partial charge in [0.1, 0.15) is 5.03 Å².